The molecule has 2 fully saturated rings. The molecule has 0 aliphatic carbocycles. The van der Waals surface area contributed by atoms with E-state index >= 15 is 0 Å². The Kier molecular flexibility index (Phi) is 4.25. The van der Waals surface area contributed by atoms with Crippen molar-refractivity contribution in [2.75, 3.05) is 26.7 Å². The van der Waals surface area contributed by atoms with Crippen molar-refractivity contribution >= 4 is 5.91 Å². The minimum absolute atomic E-state index is 0.279. The van der Waals surface area contributed by atoms with Gasteiger partial charge in [0.1, 0.15) is 11.9 Å². The highest BCUT2D eigenvalue weighted by Gasteiger charge is 2.49. The van der Waals surface area contributed by atoms with E-state index in [0.717, 1.165) is 44.6 Å². The number of aromatic nitrogens is 2. The van der Waals surface area contributed by atoms with Crippen LogP contribution in [0.3, 0.4) is 0 Å². The first-order chi connectivity index (χ1) is 12.2. The Morgan fingerprint density at radius 2 is 2.04 bits per heavy atom. The molecule has 1 aromatic carbocycles. The summed E-state index contributed by atoms with van der Waals surface area (Å²) in [6.07, 6.45) is 6.16. The van der Waals surface area contributed by atoms with E-state index in [1.165, 1.54) is 5.56 Å². The van der Waals surface area contributed by atoms with Crippen LogP contribution in [0.15, 0.2) is 48.9 Å². The number of hydrogen-bond donors (Lipinski definition) is 0. The Balaban J connectivity index is 1.50. The monoisotopic (exact) mass is 336 g/mol. The molecule has 1 atom stereocenters. The van der Waals surface area contributed by atoms with Crippen molar-refractivity contribution in [3.05, 3.63) is 60.2 Å². The van der Waals surface area contributed by atoms with Crippen LogP contribution in [0.25, 0.3) is 0 Å². The zero-order valence-electron chi connectivity index (χ0n) is 14.6. The van der Waals surface area contributed by atoms with E-state index in [2.05, 4.69) is 46.2 Å². The maximum absolute atomic E-state index is 13.4. The summed E-state index contributed by atoms with van der Waals surface area (Å²) in [7, 11) is 2.09. The molecule has 2 aliphatic rings. The third kappa shape index (κ3) is 2.93. The van der Waals surface area contributed by atoms with Gasteiger partial charge in [-0.25, -0.2) is 9.97 Å². The number of amides is 1. The van der Waals surface area contributed by atoms with Crippen molar-refractivity contribution in [2.45, 2.75) is 30.7 Å². The molecule has 2 saturated heterocycles. The number of benzene rings is 1. The molecule has 5 heteroatoms. The molecule has 0 spiro atoms. The fourth-order valence-electron chi connectivity index (χ4n) is 4.18. The van der Waals surface area contributed by atoms with Crippen LogP contribution < -0.4 is 0 Å². The summed E-state index contributed by atoms with van der Waals surface area (Å²) in [6.45, 7) is 2.52. The molecule has 1 unspecified atom stereocenters. The second-order valence-electron chi connectivity index (χ2n) is 7.26. The van der Waals surface area contributed by atoms with E-state index < -0.39 is 5.54 Å². The van der Waals surface area contributed by atoms with Gasteiger partial charge in [0.15, 0.2) is 0 Å². The van der Waals surface area contributed by atoms with Gasteiger partial charge in [-0.1, -0.05) is 30.3 Å². The molecule has 1 aromatic heterocycles. The lowest BCUT2D eigenvalue weighted by molar-refractivity contribution is -0.147. The smallest absolute Gasteiger partial charge is 0.243 e. The largest absolute Gasteiger partial charge is 0.340 e. The number of rotatable bonds is 4. The molecule has 4 rings (SSSR count). The van der Waals surface area contributed by atoms with E-state index in [1.54, 1.807) is 12.5 Å². The van der Waals surface area contributed by atoms with Gasteiger partial charge < -0.3 is 4.90 Å². The Hall–Kier alpha value is -2.27. The number of carbonyl (C=O) groups excluding carboxylic acids is 1. The predicted molar refractivity (Wildman–Crippen MR) is 96.1 cm³/mol. The first-order valence-electron chi connectivity index (χ1n) is 8.99. The van der Waals surface area contributed by atoms with Gasteiger partial charge in [0, 0.05) is 25.2 Å². The molecule has 0 radical (unpaired) electrons. The normalized spacial score (nSPS) is 24.3. The molecular formula is C20H24N4O. The summed E-state index contributed by atoms with van der Waals surface area (Å²) in [4.78, 5) is 26.0. The molecule has 1 amide bonds. The van der Waals surface area contributed by atoms with Crippen molar-refractivity contribution in [1.29, 1.82) is 0 Å². The van der Waals surface area contributed by atoms with Crippen molar-refractivity contribution < 1.29 is 4.79 Å². The third-order valence-electron chi connectivity index (χ3n) is 5.74. The standard InChI is InChI=1S/C20H24N4O/c1-23-11-5-9-20(23,12-16-6-3-2-4-7-16)19(25)24-13-17(14-24)18-8-10-21-15-22-18/h2-4,6-8,10,15,17H,5,9,11-14H2,1H3. The van der Waals surface area contributed by atoms with Crippen LogP contribution in [0, 0.1) is 0 Å². The zero-order chi connectivity index (χ0) is 17.3. The zero-order valence-corrected chi connectivity index (χ0v) is 14.6. The summed E-state index contributed by atoms with van der Waals surface area (Å²) in [5.41, 5.74) is 1.88. The number of hydrogen-bond acceptors (Lipinski definition) is 4. The summed E-state index contributed by atoms with van der Waals surface area (Å²) in [5, 5.41) is 0. The maximum Gasteiger partial charge on any atom is 0.243 e. The number of likely N-dealkylation sites (tertiary alicyclic amines) is 2. The molecule has 25 heavy (non-hydrogen) atoms. The second kappa shape index (κ2) is 6.56. The van der Waals surface area contributed by atoms with Crippen LogP contribution in [-0.2, 0) is 11.2 Å². The van der Waals surface area contributed by atoms with Gasteiger partial charge in [0.2, 0.25) is 5.91 Å². The number of carbonyl (C=O) groups is 1. The highest BCUT2D eigenvalue weighted by atomic mass is 16.2. The summed E-state index contributed by atoms with van der Waals surface area (Å²) in [5.74, 6) is 0.620. The fourth-order valence-corrected chi connectivity index (χ4v) is 4.18. The molecule has 2 aromatic rings. The van der Waals surface area contributed by atoms with Crippen LogP contribution in [0.4, 0.5) is 0 Å². The topological polar surface area (TPSA) is 49.3 Å². The first kappa shape index (κ1) is 16.2. The number of likely N-dealkylation sites (N-methyl/N-ethyl adjacent to an activating group) is 1. The van der Waals surface area contributed by atoms with Gasteiger partial charge in [-0.3, -0.25) is 9.69 Å². The minimum Gasteiger partial charge on any atom is -0.340 e. The van der Waals surface area contributed by atoms with E-state index in [9.17, 15) is 4.79 Å². The highest BCUT2D eigenvalue weighted by molar-refractivity contribution is 5.88. The van der Waals surface area contributed by atoms with E-state index in [4.69, 9.17) is 0 Å². The van der Waals surface area contributed by atoms with E-state index in [1.807, 2.05) is 17.0 Å². The van der Waals surface area contributed by atoms with Gasteiger partial charge in [-0.15, -0.1) is 0 Å². The summed E-state index contributed by atoms with van der Waals surface area (Å²) >= 11 is 0. The Morgan fingerprint density at radius 1 is 1.24 bits per heavy atom. The predicted octanol–water partition coefficient (Wildman–Crippen LogP) is 2.11. The van der Waals surface area contributed by atoms with E-state index in [0.29, 0.717) is 5.92 Å². The van der Waals surface area contributed by atoms with Crippen molar-refractivity contribution in [3.8, 4) is 0 Å². The molecule has 130 valence electrons. The van der Waals surface area contributed by atoms with Crippen LogP contribution >= 0.6 is 0 Å². The molecule has 0 bridgehead atoms. The van der Waals surface area contributed by atoms with Gasteiger partial charge in [-0.2, -0.15) is 0 Å². The second-order valence-corrected chi connectivity index (χ2v) is 7.26. The Labute approximate surface area is 148 Å². The molecule has 5 nitrogen and oxygen atoms in total. The summed E-state index contributed by atoms with van der Waals surface area (Å²) < 4.78 is 0. The Morgan fingerprint density at radius 3 is 2.68 bits per heavy atom. The minimum atomic E-state index is -0.391. The van der Waals surface area contributed by atoms with Crippen LogP contribution in [0.5, 0.6) is 0 Å². The quantitative estimate of drug-likeness (QED) is 0.858. The maximum atomic E-state index is 13.4. The van der Waals surface area contributed by atoms with Crippen LogP contribution in [0.2, 0.25) is 0 Å². The highest BCUT2D eigenvalue weighted by Crippen LogP contribution is 2.36. The van der Waals surface area contributed by atoms with E-state index in [-0.39, 0.29) is 5.91 Å². The SMILES string of the molecule is CN1CCCC1(Cc1ccccc1)C(=O)N1CC(c2ccncn2)C1. The first-order valence-corrected chi connectivity index (χ1v) is 8.99. The lowest BCUT2D eigenvalue weighted by Crippen LogP contribution is -2.61. The number of nitrogens with zero attached hydrogens (tertiary/aromatic N) is 4. The van der Waals surface area contributed by atoms with Gasteiger partial charge >= 0.3 is 0 Å². The van der Waals surface area contributed by atoms with Crippen LogP contribution in [0.1, 0.15) is 30.0 Å². The van der Waals surface area contributed by atoms with Crippen molar-refractivity contribution in [1.82, 2.24) is 19.8 Å². The average Bonchev–Trinajstić information content (AvgIpc) is 2.97. The van der Waals surface area contributed by atoms with Crippen LogP contribution in [-0.4, -0.2) is 57.9 Å². The lowest BCUT2D eigenvalue weighted by Gasteiger charge is -2.46. The average molecular weight is 336 g/mol. The third-order valence-corrected chi connectivity index (χ3v) is 5.74. The van der Waals surface area contributed by atoms with Gasteiger partial charge in [-0.05, 0) is 44.5 Å². The fraction of sp³-hybridized carbons (Fsp3) is 0.450. The van der Waals surface area contributed by atoms with Gasteiger partial charge in [0.05, 0.1) is 5.69 Å². The molecular weight excluding hydrogens is 312 g/mol. The van der Waals surface area contributed by atoms with Crippen molar-refractivity contribution in [3.63, 3.8) is 0 Å². The molecule has 2 aliphatic heterocycles. The summed E-state index contributed by atoms with van der Waals surface area (Å²) in [6, 6.07) is 12.3. The van der Waals surface area contributed by atoms with Crippen molar-refractivity contribution in [2.24, 2.45) is 0 Å². The van der Waals surface area contributed by atoms with Gasteiger partial charge in [0.25, 0.3) is 0 Å². The lowest BCUT2D eigenvalue weighted by atomic mass is 9.84. The molecule has 0 saturated carbocycles. The molecule has 3 heterocycles. The molecule has 0 N–H and O–H groups in total. The Bertz CT molecular complexity index is 730.